The van der Waals surface area contributed by atoms with Crippen molar-refractivity contribution in [2.45, 2.75) is 58.7 Å². The molecular weight excluding hydrogens is 473 g/mol. The maximum absolute atomic E-state index is 14.9. The zero-order chi connectivity index (χ0) is 26.2. The minimum atomic E-state index is -0.821. The lowest BCUT2D eigenvalue weighted by atomic mass is 9.97. The van der Waals surface area contributed by atoms with Crippen LogP contribution in [-0.2, 0) is 15.9 Å². The lowest BCUT2D eigenvalue weighted by Gasteiger charge is -2.28. The van der Waals surface area contributed by atoms with Crippen LogP contribution in [0.2, 0.25) is 0 Å². The summed E-state index contributed by atoms with van der Waals surface area (Å²) in [5.41, 5.74) is 3.04. The number of hydrogen-bond donors (Lipinski definition) is 0. The number of halogens is 3. The molecule has 0 amide bonds. The first-order valence-electron chi connectivity index (χ1n) is 13.2. The standard InChI is InChI=1S/C32H35F3O2/c1-3-5-6-7-8-10-25-15-17-27(31(35)30(25)34)24-13-11-23(12-14-24)26-16-18-28(29(33)19-26)32-36-20-22(9-4-2)21-37-32/h4,9,11-19,22,32H,3,5-8,10,20-21H2,1-2H3. The van der Waals surface area contributed by atoms with Crippen LogP contribution < -0.4 is 0 Å². The lowest BCUT2D eigenvalue weighted by molar-refractivity contribution is -0.198. The summed E-state index contributed by atoms with van der Waals surface area (Å²) < 4.78 is 56.0. The highest BCUT2D eigenvalue weighted by molar-refractivity contribution is 5.71. The van der Waals surface area contributed by atoms with Gasteiger partial charge in [-0.2, -0.15) is 0 Å². The summed E-state index contributed by atoms with van der Waals surface area (Å²) >= 11 is 0. The van der Waals surface area contributed by atoms with Gasteiger partial charge in [0, 0.05) is 17.0 Å². The Morgan fingerprint density at radius 2 is 1.46 bits per heavy atom. The third kappa shape index (κ3) is 6.71. The molecule has 0 N–H and O–H groups in total. The molecule has 1 aliphatic rings. The van der Waals surface area contributed by atoms with Gasteiger partial charge < -0.3 is 9.47 Å². The van der Waals surface area contributed by atoms with Gasteiger partial charge in [-0.25, -0.2) is 13.2 Å². The van der Waals surface area contributed by atoms with E-state index in [1.165, 1.54) is 12.5 Å². The number of aryl methyl sites for hydroxylation is 1. The van der Waals surface area contributed by atoms with Crippen molar-refractivity contribution in [3.05, 3.63) is 95.3 Å². The van der Waals surface area contributed by atoms with Crippen molar-refractivity contribution >= 4 is 0 Å². The molecule has 5 heteroatoms. The van der Waals surface area contributed by atoms with Crippen LogP contribution in [0.15, 0.2) is 66.7 Å². The molecule has 0 aliphatic carbocycles. The first kappa shape index (κ1) is 27.2. The molecule has 1 aliphatic heterocycles. The highest BCUT2D eigenvalue weighted by atomic mass is 19.2. The van der Waals surface area contributed by atoms with Crippen LogP contribution >= 0.6 is 0 Å². The largest absolute Gasteiger partial charge is 0.348 e. The molecular formula is C32H35F3O2. The molecule has 1 fully saturated rings. The van der Waals surface area contributed by atoms with Crippen LogP contribution in [0.25, 0.3) is 22.3 Å². The number of unbranched alkanes of at least 4 members (excludes halogenated alkanes) is 4. The molecule has 0 radical (unpaired) electrons. The number of allylic oxidation sites excluding steroid dienone is 1. The minimum absolute atomic E-state index is 0.173. The summed E-state index contributed by atoms with van der Waals surface area (Å²) in [6.45, 7) is 5.06. The minimum Gasteiger partial charge on any atom is -0.348 e. The van der Waals surface area contributed by atoms with E-state index in [1.54, 1.807) is 42.5 Å². The fourth-order valence-electron chi connectivity index (χ4n) is 4.75. The van der Waals surface area contributed by atoms with Gasteiger partial charge in [-0.3, -0.25) is 0 Å². The van der Waals surface area contributed by atoms with E-state index in [0.717, 1.165) is 31.2 Å². The van der Waals surface area contributed by atoms with Crippen molar-refractivity contribution in [3.8, 4) is 22.3 Å². The molecule has 2 nitrogen and oxygen atoms in total. The quantitative estimate of drug-likeness (QED) is 0.201. The van der Waals surface area contributed by atoms with Crippen LogP contribution in [0.3, 0.4) is 0 Å². The highest BCUT2D eigenvalue weighted by Crippen LogP contribution is 2.32. The Hall–Kier alpha value is -2.89. The molecule has 196 valence electrons. The van der Waals surface area contributed by atoms with Crippen molar-refractivity contribution in [2.75, 3.05) is 13.2 Å². The van der Waals surface area contributed by atoms with Crippen LogP contribution in [0, 0.1) is 23.4 Å². The maximum atomic E-state index is 14.9. The number of rotatable bonds is 10. The van der Waals surface area contributed by atoms with Crippen molar-refractivity contribution in [1.29, 1.82) is 0 Å². The molecule has 3 aromatic rings. The third-order valence-electron chi connectivity index (χ3n) is 6.88. The van der Waals surface area contributed by atoms with Crippen LogP contribution in [0.5, 0.6) is 0 Å². The van der Waals surface area contributed by atoms with Gasteiger partial charge in [-0.1, -0.05) is 93.3 Å². The van der Waals surface area contributed by atoms with E-state index in [0.29, 0.717) is 41.9 Å². The predicted molar refractivity (Wildman–Crippen MR) is 143 cm³/mol. The number of benzene rings is 3. The van der Waals surface area contributed by atoms with Crippen molar-refractivity contribution in [2.24, 2.45) is 5.92 Å². The van der Waals surface area contributed by atoms with Gasteiger partial charge in [0.05, 0.1) is 13.2 Å². The lowest BCUT2D eigenvalue weighted by Crippen LogP contribution is -2.26. The summed E-state index contributed by atoms with van der Waals surface area (Å²) in [6, 6.07) is 15.3. The second-order valence-corrected chi connectivity index (χ2v) is 9.66. The normalized spacial score (nSPS) is 18.0. The van der Waals surface area contributed by atoms with Gasteiger partial charge in [0.2, 0.25) is 0 Å². The Morgan fingerprint density at radius 1 is 0.784 bits per heavy atom. The summed E-state index contributed by atoms with van der Waals surface area (Å²) in [4.78, 5) is 0. The molecule has 37 heavy (non-hydrogen) atoms. The second-order valence-electron chi connectivity index (χ2n) is 9.66. The van der Waals surface area contributed by atoms with E-state index in [1.807, 2.05) is 25.1 Å². The molecule has 3 aromatic carbocycles. The predicted octanol–water partition coefficient (Wildman–Crippen LogP) is 9.19. The first-order valence-corrected chi connectivity index (χ1v) is 13.2. The number of hydrogen-bond acceptors (Lipinski definition) is 2. The summed E-state index contributed by atoms with van der Waals surface area (Å²) in [7, 11) is 0. The van der Waals surface area contributed by atoms with Gasteiger partial charge in [0.15, 0.2) is 17.9 Å². The molecule has 4 rings (SSSR count). The molecule has 0 atom stereocenters. The monoisotopic (exact) mass is 508 g/mol. The fourth-order valence-corrected chi connectivity index (χ4v) is 4.75. The molecule has 0 spiro atoms. The van der Waals surface area contributed by atoms with Gasteiger partial charge in [0.25, 0.3) is 0 Å². The summed E-state index contributed by atoms with van der Waals surface area (Å²) in [6.07, 6.45) is 9.11. The van der Waals surface area contributed by atoms with Crippen LogP contribution in [-0.4, -0.2) is 13.2 Å². The van der Waals surface area contributed by atoms with E-state index in [-0.39, 0.29) is 11.5 Å². The number of ether oxygens (including phenoxy) is 2. The topological polar surface area (TPSA) is 18.5 Å². The molecule has 0 bridgehead atoms. The SMILES string of the molecule is CC=CC1COC(c2ccc(-c3ccc(-c4ccc(CCCCCCC)c(F)c4F)cc3)cc2F)OC1. The van der Waals surface area contributed by atoms with E-state index in [2.05, 4.69) is 6.92 Å². The first-order chi connectivity index (χ1) is 18.0. The summed E-state index contributed by atoms with van der Waals surface area (Å²) in [5.74, 6) is -1.82. The van der Waals surface area contributed by atoms with Crippen LogP contribution in [0.1, 0.15) is 63.4 Å². The zero-order valence-electron chi connectivity index (χ0n) is 21.6. The van der Waals surface area contributed by atoms with E-state index in [9.17, 15) is 13.2 Å². The maximum Gasteiger partial charge on any atom is 0.186 e. The smallest absolute Gasteiger partial charge is 0.186 e. The van der Waals surface area contributed by atoms with Crippen molar-refractivity contribution in [3.63, 3.8) is 0 Å². The van der Waals surface area contributed by atoms with Gasteiger partial charge >= 0.3 is 0 Å². The van der Waals surface area contributed by atoms with E-state index < -0.39 is 23.7 Å². The highest BCUT2D eigenvalue weighted by Gasteiger charge is 2.24. The Morgan fingerprint density at radius 3 is 2.14 bits per heavy atom. The second kappa shape index (κ2) is 13.1. The van der Waals surface area contributed by atoms with Gasteiger partial charge in [0.1, 0.15) is 5.82 Å². The Bertz CT molecular complexity index is 1200. The molecule has 1 saturated heterocycles. The Labute approximate surface area is 218 Å². The average Bonchev–Trinajstić information content (AvgIpc) is 2.92. The molecule has 0 unspecified atom stereocenters. The molecule has 0 aromatic heterocycles. The summed E-state index contributed by atoms with van der Waals surface area (Å²) in [5, 5.41) is 0. The van der Waals surface area contributed by atoms with Gasteiger partial charge in [-0.15, -0.1) is 0 Å². The molecule has 1 heterocycles. The van der Waals surface area contributed by atoms with Crippen molar-refractivity contribution < 1.29 is 22.6 Å². The Balaban J connectivity index is 1.44. The third-order valence-corrected chi connectivity index (χ3v) is 6.88. The fraction of sp³-hybridized carbons (Fsp3) is 0.375. The molecule has 0 saturated carbocycles. The zero-order valence-corrected chi connectivity index (χ0v) is 21.6. The van der Waals surface area contributed by atoms with E-state index in [4.69, 9.17) is 9.47 Å². The van der Waals surface area contributed by atoms with Gasteiger partial charge in [-0.05, 0) is 48.1 Å². The Kier molecular flexibility index (Phi) is 9.59. The van der Waals surface area contributed by atoms with Crippen molar-refractivity contribution in [1.82, 2.24) is 0 Å². The average molecular weight is 509 g/mol. The van der Waals surface area contributed by atoms with Crippen LogP contribution in [0.4, 0.5) is 13.2 Å². The van der Waals surface area contributed by atoms with E-state index >= 15 is 0 Å².